The van der Waals surface area contributed by atoms with Gasteiger partial charge in [0.15, 0.2) is 11.5 Å². The van der Waals surface area contributed by atoms with Gasteiger partial charge >= 0.3 is 5.97 Å². The van der Waals surface area contributed by atoms with Crippen molar-refractivity contribution in [3.8, 4) is 17.2 Å². The molecule has 0 bridgehead atoms. The minimum absolute atomic E-state index is 0.0537. The molecule has 1 unspecified atom stereocenters. The average molecular weight is 611 g/mol. The number of fused-ring (bicyclic) bond motifs is 1. The fourth-order valence-corrected chi connectivity index (χ4v) is 6.13. The molecule has 2 aliphatic rings. The number of hydrogen-bond donors (Lipinski definition) is 2. The highest BCUT2D eigenvalue weighted by Crippen LogP contribution is 2.48. The van der Waals surface area contributed by atoms with E-state index in [9.17, 15) is 19.1 Å². The normalized spacial score (nSPS) is 19.2. The topological polar surface area (TPSA) is 107 Å². The van der Waals surface area contributed by atoms with Crippen molar-refractivity contribution in [1.29, 1.82) is 0 Å². The number of ether oxygens (including phenoxy) is 4. The number of aliphatic carboxylic acids is 1. The van der Waals surface area contributed by atoms with Crippen LogP contribution < -0.4 is 19.5 Å². The number of benzene rings is 3. The molecule has 0 radical (unpaired) electrons. The summed E-state index contributed by atoms with van der Waals surface area (Å²) in [5.41, 5.74) is 2.71. The van der Waals surface area contributed by atoms with Crippen LogP contribution in [0.15, 0.2) is 48.5 Å². The molecule has 5 rings (SSSR count). The third-order valence-electron chi connectivity index (χ3n) is 8.19. The summed E-state index contributed by atoms with van der Waals surface area (Å²) in [7, 11) is 1.57. The second-order valence-corrected chi connectivity index (χ2v) is 10.8. The van der Waals surface area contributed by atoms with E-state index in [1.54, 1.807) is 36.3 Å². The molecule has 1 saturated heterocycles. The fraction of sp³-hybridized carbons (Fsp3) is 0.394. The average Bonchev–Trinajstić information content (AvgIpc) is 3.61. The van der Waals surface area contributed by atoms with Crippen molar-refractivity contribution in [1.82, 2.24) is 4.90 Å². The minimum Gasteiger partial charge on any atom is -0.491 e. The van der Waals surface area contributed by atoms with Crippen LogP contribution in [0.3, 0.4) is 0 Å². The molecular formula is C33H36F2N2O7. The van der Waals surface area contributed by atoms with Crippen molar-refractivity contribution in [3.05, 3.63) is 82.4 Å². The Morgan fingerprint density at radius 3 is 2.27 bits per heavy atom. The first kappa shape index (κ1) is 31.2. The zero-order chi connectivity index (χ0) is 31.4. The SMILES string of the molecule is CCc1cc(F)cc(CC)c1NC(=O)CN1C[C@H](c2cc3c(cc2F)OCO3)C(C(=O)O)[C@@H]1c1ccc(OCCOC)cc1. The molecule has 1 fully saturated rings. The molecule has 9 nitrogen and oxygen atoms in total. The van der Waals surface area contributed by atoms with Gasteiger partial charge < -0.3 is 29.4 Å². The van der Waals surface area contributed by atoms with Crippen molar-refractivity contribution in [2.75, 3.05) is 45.5 Å². The molecule has 0 aliphatic carbocycles. The number of carbonyl (C=O) groups is 2. The number of rotatable bonds is 12. The summed E-state index contributed by atoms with van der Waals surface area (Å²) < 4.78 is 51.1. The van der Waals surface area contributed by atoms with E-state index < -0.39 is 29.7 Å². The van der Waals surface area contributed by atoms with Crippen molar-refractivity contribution in [3.63, 3.8) is 0 Å². The Morgan fingerprint density at radius 2 is 1.66 bits per heavy atom. The number of carboxylic acids is 1. The number of anilines is 1. The number of nitrogens with zero attached hydrogens (tertiary/aromatic N) is 1. The maximum absolute atomic E-state index is 15.5. The standard InChI is InChI=1S/C33H36F2N2O7/c1-4-19-12-22(34)13-20(5-2)31(19)36-29(38)17-37-16-25(24-14-27-28(15-26(24)35)44-18-43-27)30(33(39)40)32(37)21-6-8-23(9-7-21)42-11-10-41-3/h6-9,12-15,25,30,32H,4-5,10-11,16-18H2,1-3H3,(H,36,38)(H,39,40)/t25-,30?,32+/m1/s1. The van der Waals surface area contributed by atoms with E-state index in [2.05, 4.69) is 5.32 Å². The third-order valence-corrected chi connectivity index (χ3v) is 8.19. The molecule has 2 heterocycles. The lowest BCUT2D eigenvalue weighted by molar-refractivity contribution is -0.143. The Kier molecular flexibility index (Phi) is 9.65. The highest BCUT2D eigenvalue weighted by Gasteiger charge is 2.49. The molecule has 0 spiro atoms. The van der Waals surface area contributed by atoms with Crippen LogP contribution in [0.4, 0.5) is 14.5 Å². The summed E-state index contributed by atoms with van der Waals surface area (Å²) in [6, 6.07) is 11.7. The van der Waals surface area contributed by atoms with E-state index in [1.807, 2.05) is 13.8 Å². The van der Waals surface area contributed by atoms with Crippen LogP contribution in [0.5, 0.6) is 17.2 Å². The monoisotopic (exact) mass is 610 g/mol. The van der Waals surface area contributed by atoms with E-state index in [-0.39, 0.29) is 42.9 Å². The maximum Gasteiger partial charge on any atom is 0.309 e. The molecule has 2 aliphatic heterocycles. The summed E-state index contributed by atoms with van der Waals surface area (Å²) in [6.07, 6.45) is 1.02. The van der Waals surface area contributed by atoms with Crippen molar-refractivity contribution in [2.45, 2.75) is 38.6 Å². The first-order valence-electron chi connectivity index (χ1n) is 14.6. The highest BCUT2D eigenvalue weighted by atomic mass is 19.1. The lowest BCUT2D eigenvalue weighted by atomic mass is 9.82. The predicted molar refractivity (Wildman–Crippen MR) is 158 cm³/mol. The van der Waals surface area contributed by atoms with E-state index in [1.165, 1.54) is 24.3 Å². The molecule has 2 N–H and O–H groups in total. The molecule has 0 aromatic heterocycles. The molecule has 1 amide bonds. The number of amides is 1. The number of aryl methyl sites for hydroxylation is 2. The summed E-state index contributed by atoms with van der Waals surface area (Å²) >= 11 is 0. The molecule has 234 valence electrons. The van der Waals surface area contributed by atoms with Gasteiger partial charge in [0.25, 0.3) is 0 Å². The zero-order valence-corrected chi connectivity index (χ0v) is 24.9. The number of halogens is 2. The van der Waals surface area contributed by atoms with Gasteiger partial charge in [-0.15, -0.1) is 0 Å². The van der Waals surface area contributed by atoms with Gasteiger partial charge in [-0.2, -0.15) is 0 Å². The van der Waals surface area contributed by atoms with Crippen LogP contribution in [0.2, 0.25) is 0 Å². The van der Waals surface area contributed by atoms with Gasteiger partial charge in [-0.25, -0.2) is 8.78 Å². The minimum atomic E-state index is -1.12. The first-order chi connectivity index (χ1) is 21.2. The van der Waals surface area contributed by atoms with Gasteiger partial charge in [0.2, 0.25) is 12.7 Å². The molecule has 3 aromatic rings. The second kappa shape index (κ2) is 13.6. The lowest BCUT2D eigenvalue weighted by Crippen LogP contribution is -2.35. The molecule has 11 heteroatoms. The van der Waals surface area contributed by atoms with Crippen LogP contribution in [-0.2, 0) is 27.2 Å². The molecular weight excluding hydrogens is 574 g/mol. The summed E-state index contributed by atoms with van der Waals surface area (Å²) in [6.45, 7) is 4.37. The van der Waals surface area contributed by atoms with Crippen LogP contribution in [0.1, 0.15) is 48.1 Å². The van der Waals surface area contributed by atoms with Crippen LogP contribution in [-0.4, -0.2) is 62.1 Å². The summed E-state index contributed by atoms with van der Waals surface area (Å²) in [5, 5.41) is 13.5. The number of nitrogens with one attached hydrogen (secondary N) is 1. The number of methoxy groups -OCH3 is 1. The fourth-order valence-electron chi connectivity index (χ4n) is 6.13. The van der Waals surface area contributed by atoms with Crippen LogP contribution in [0, 0.1) is 17.6 Å². The van der Waals surface area contributed by atoms with E-state index in [4.69, 9.17) is 18.9 Å². The van der Waals surface area contributed by atoms with Crippen molar-refractivity contribution < 1.29 is 42.4 Å². The lowest BCUT2D eigenvalue weighted by Gasteiger charge is -2.27. The Balaban J connectivity index is 1.49. The van der Waals surface area contributed by atoms with Gasteiger partial charge in [0.05, 0.1) is 19.1 Å². The van der Waals surface area contributed by atoms with Crippen molar-refractivity contribution >= 4 is 17.6 Å². The van der Waals surface area contributed by atoms with E-state index >= 15 is 4.39 Å². The van der Waals surface area contributed by atoms with Gasteiger partial charge in [0, 0.05) is 37.4 Å². The van der Waals surface area contributed by atoms with Crippen LogP contribution >= 0.6 is 0 Å². The Bertz CT molecular complexity index is 1490. The predicted octanol–water partition coefficient (Wildman–Crippen LogP) is 5.32. The summed E-state index contributed by atoms with van der Waals surface area (Å²) in [4.78, 5) is 28.2. The molecule has 44 heavy (non-hydrogen) atoms. The molecule has 3 atom stereocenters. The molecule has 0 saturated carbocycles. The number of likely N-dealkylation sites (tertiary alicyclic amines) is 1. The Morgan fingerprint density at radius 1 is 1.00 bits per heavy atom. The second-order valence-electron chi connectivity index (χ2n) is 10.8. The van der Waals surface area contributed by atoms with E-state index in [0.717, 1.165) is 0 Å². The smallest absolute Gasteiger partial charge is 0.309 e. The number of carboxylic acid groups (broad SMARTS) is 1. The Labute approximate surface area is 254 Å². The number of carbonyl (C=O) groups excluding carboxylic acids is 1. The third kappa shape index (κ3) is 6.48. The Hall–Kier alpha value is -4.22. The maximum atomic E-state index is 15.5. The first-order valence-corrected chi connectivity index (χ1v) is 14.6. The number of hydrogen-bond acceptors (Lipinski definition) is 7. The van der Waals surface area contributed by atoms with Crippen LogP contribution in [0.25, 0.3) is 0 Å². The van der Waals surface area contributed by atoms with Gasteiger partial charge in [-0.1, -0.05) is 26.0 Å². The molecule has 3 aromatic carbocycles. The van der Waals surface area contributed by atoms with Gasteiger partial charge in [-0.3, -0.25) is 14.5 Å². The summed E-state index contributed by atoms with van der Waals surface area (Å²) in [5.74, 6) is -3.22. The van der Waals surface area contributed by atoms with Gasteiger partial charge in [-0.05, 0) is 65.4 Å². The van der Waals surface area contributed by atoms with E-state index in [0.29, 0.717) is 59.9 Å². The quantitative estimate of drug-likeness (QED) is 0.266. The highest BCUT2D eigenvalue weighted by molar-refractivity contribution is 5.94. The van der Waals surface area contributed by atoms with Crippen molar-refractivity contribution in [2.24, 2.45) is 5.92 Å². The van der Waals surface area contributed by atoms with Gasteiger partial charge in [0.1, 0.15) is 24.0 Å². The largest absolute Gasteiger partial charge is 0.491 e. The zero-order valence-electron chi connectivity index (χ0n) is 24.9.